The van der Waals surface area contributed by atoms with Gasteiger partial charge in [-0.1, -0.05) is 30.1 Å². The topological polar surface area (TPSA) is 29.1 Å². The summed E-state index contributed by atoms with van der Waals surface area (Å²) in [5.41, 5.74) is 1.75. The number of hydrogen-bond acceptors (Lipinski definition) is 2. The third-order valence-electron chi connectivity index (χ3n) is 3.20. The van der Waals surface area contributed by atoms with Crippen molar-refractivity contribution in [2.75, 3.05) is 5.32 Å². The lowest BCUT2D eigenvalue weighted by Gasteiger charge is -2.16. The molecule has 1 amide bonds. The maximum absolute atomic E-state index is 12.5. The molecule has 1 N–H and O–H groups in total. The first-order valence-electron chi connectivity index (χ1n) is 6.99. The second-order valence-electron chi connectivity index (χ2n) is 4.92. The Hall–Kier alpha value is -1.16. The van der Waals surface area contributed by atoms with E-state index in [0.29, 0.717) is 10.0 Å². The molecule has 0 bridgehead atoms. The maximum atomic E-state index is 12.5. The van der Waals surface area contributed by atoms with Crippen LogP contribution < -0.4 is 5.32 Å². The number of hydrogen-bond donors (Lipinski definition) is 1. The van der Waals surface area contributed by atoms with Crippen molar-refractivity contribution in [2.45, 2.75) is 30.4 Å². The molecule has 0 radical (unpaired) electrons. The fraction of sp³-hybridized carbons (Fsp3) is 0.235. The van der Waals surface area contributed by atoms with Gasteiger partial charge in [-0.05, 0) is 61.4 Å². The number of rotatable bonds is 5. The Morgan fingerprint density at radius 1 is 1.14 bits per heavy atom. The van der Waals surface area contributed by atoms with E-state index in [1.807, 2.05) is 50.2 Å². The number of aryl methyl sites for hydroxylation is 1. The third-order valence-corrected chi connectivity index (χ3v) is 5.06. The predicted octanol–water partition coefficient (Wildman–Crippen LogP) is 5.81. The number of halogens is 2. The molecule has 0 aliphatic rings. The molecular weight excluding hydrogens is 337 g/mol. The predicted molar refractivity (Wildman–Crippen MR) is 96.2 cm³/mol. The average molecular weight is 354 g/mol. The fourth-order valence-corrected chi connectivity index (χ4v) is 3.29. The zero-order valence-corrected chi connectivity index (χ0v) is 14.7. The van der Waals surface area contributed by atoms with Crippen molar-refractivity contribution < 1.29 is 4.79 Å². The molecular formula is C17H17Cl2NOS. The van der Waals surface area contributed by atoms with Gasteiger partial charge in [0.25, 0.3) is 0 Å². The first kappa shape index (κ1) is 17.2. The summed E-state index contributed by atoms with van der Waals surface area (Å²) in [6.45, 7) is 3.93. The Balaban J connectivity index is 2.06. The fourth-order valence-electron chi connectivity index (χ4n) is 1.98. The SMILES string of the molecule is CCC(Sc1ccc(Cl)cc1)C(=O)Nc1ccc(Cl)cc1C. The van der Waals surface area contributed by atoms with Gasteiger partial charge in [0.1, 0.15) is 0 Å². The van der Waals surface area contributed by atoms with Crippen LogP contribution in [0.3, 0.4) is 0 Å². The molecule has 2 aromatic rings. The van der Waals surface area contributed by atoms with E-state index >= 15 is 0 Å². The summed E-state index contributed by atoms with van der Waals surface area (Å²) >= 11 is 13.4. The Labute approximate surface area is 145 Å². The van der Waals surface area contributed by atoms with Crippen molar-refractivity contribution in [2.24, 2.45) is 0 Å². The van der Waals surface area contributed by atoms with E-state index in [0.717, 1.165) is 22.6 Å². The Morgan fingerprint density at radius 2 is 1.77 bits per heavy atom. The summed E-state index contributed by atoms with van der Waals surface area (Å²) < 4.78 is 0. The van der Waals surface area contributed by atoms with Crippen LogP contribution in [0.2, 0.25) is 10.0 Å². The number of anilines is 1. The van der Waals surface area contributed by atoms with E-state index in [4.69, 9.17) is 23.2 Å². The summed E-state index contributed by atoms with van der Waals surface area (Å²) in [6, 6.07) is 13.0. The van der Waals surface area contributed by atoms with Gasteiger partial charge < -0.3 is 5.32 Å². The molecule has 0 fully saturated rings. The lowest BCUT2D eigenvalue weighted by molar-refractivity contribution is -0.115. The van der Waals surface area contributed by atoms with Gasteiger partial charge in [0.05, 0.1) is 5.25 Å². The molecule has 0 aromatic heterocycles. The van der Waals surface area contributed by atoms with Crippen LogP contribution in [0.1, 0.15) is 18.9 Å². The smallest absolute Gasteiger partial charge is 0.237 e. The van der Waals surface area contributed by atoms with Crippen LogP contribution in [0.4, 0.5) is 5.69 Å². The second-order valence-corrected chi connectivity index (χ2v) is 7.07. The first-order chi connectivity index (χ1) is 10.5. The number of amides is 1. The Bertz CT molecular complexity index is 658. The molecule has 2 aromatic carbocycles. The van der Waals surface area contributed by atoms with E-state index in [1.54, 1.807) is 6.07 Å². The van der Waals surface area contributed by atoms with E-state index in [-0.39, 0.29) is 11.2 Å². The van der Waals surface area contributed by atoms with Gasteiger partial charge >= 0.3 is 0 Å². The molecule has 0 saturated heterocycles. The highest BCUT2D eigenvalue weighted by Gasteiger charge is 2.18. The minimum Gasteiger partial charge on any atom is -0.325 e. The average Bonchev–Trinajstić information content (AvgIpc) is 2.49. The van der Waals surface area contributed by atoms with Crippen LogP contribution >= 0.6 is 35.0 Å². The van der Waals surface area contributed by atoms with Crippen molar-refractivity contribution in [3.8, 4) is 0 Å². The molecule has 22 heavy (non-hydrogen) atoms. The normalized spacial score (nSPS) is 12.0. The molecule has 0 aliphatic heterocycles. The number of carbonyl (C=O) groups is 1. The quantitative estimate of drug-likeness (QED) is 0.687. The van der Waals surface area contributed by atoms with Crippen LogP contribution in [0, 0.1) is 6.92 Å². The van der Waals surface area contributed by atoms with Gasteiger partial charge in [0.2, 0.25) is 5.91 Å². The third kappa shape index (κ3) is 4.67. The maximum Gasteiger partial charge on any atom is 0.237 e. The van der Waals surface area contributed by atoms with Crippen molar-refractivity contribution in [3.05, 3.63) is 58.1 Å². The van der Waals surface area contributed by atoms with Crippen molar-refractivity contribution in [1.29, 1.82) is 0 Å². The molecule has 2 rings (SSSR count). The Kier molecular flexibility index (Phi) is 6.18. The second kappa shape index (κ2) is 7.91. The van der Waals surface area contributed by atoms with Gasteiger partial charge in [-0.3, -0.25) is 4.79 Å². The van der Waals surface area contributed by atoms with Gasteiger partial charge in [-0.25, -0.2) is 0 Å². The summed E-state index contributed by atoms with van der Waals surface area (Å²) in [7, 11) is 0. The van der Waals surface area contributed by atoms with Gasteiger partial charge in [0.15, 0.2) is 0 Å². The number of carbonyl (C=O) groups excluding carboxylic acids is 1. The monoisotopic (exact) mass is 353 g/mol. The highest BCUT2D eigenvalue weighted by molar-refractivity contribution is 8.00. The van der Waals surface area contributed by atoms with E-state index in [9.17, 15) is 4.79 Å². The summed E-state index contributed by atoms with van der Waals surface area (Å²) in [5, 5.41) is 4.18. The zero-order valence-electron chi connectivity index (χ0n) is 12.4. The van der Waals surface area contributed by atoms with Crippen LogP contribution in [-0.4, -0.2) is 11.2 Å². The summed E-state index contributed by atoms with van der Waals surface area (Å²) in [4.78, 5) is 13.5. The van der Waals surface area contributed by atoms with Crippen molar-refractivity contribution >= 4 is 46.6 Å². The van der Waals surface area contributed by atoms with Crippen LogP contribution in [0.5, 0.6) is 0 Å². The number of benzene rings is 2. The highest BCUT2D eigenvalue weighted by atomic mass is 35.5. The minimum absolute atomic E-state index is 0.00660. The summed E-state index contributed by atoms with van der Waals surface area (Å²) in [5.74, 6) is -0.00660. The van der Waals surface area contributed by atoms with Gasteiger partial charge in [-0.15, -0.1) is 11.8 Å². The van der Waals surface area contributed by atoms with E-state index in [1.165, 1.54) is 11.8 Å². The minimum atomic E-state index is -0.156. The van der Waals surface area contributed by atoms with Crippen LogP contribution in [-0.2, 0) is 4.79 Å². The molecule has 0 heterocycles. The molecule has 0 saturated carbocycles. The number of nitrogens with one attached hydrogen (secondary N) is 1. The van der Waals surface area contributed by atoms with E-state index < -0.39 is 0 Å². The van der Waals surface area contributed by atoms with Crippen LogP contribution in [0.25, 0.3) is 0 Å². The lowest BCUT2D eigenvalue weighted by Crippen LogP contribution is -2.24. The molecule has 0 aliphatic carbocycles. The molecule has 0 spiro atoms. The largest absolute Gasteiger partial charge is 0.325 e. The summed E-state index contributed by atoms with van der Waals surface area (Å²) in [6.07, 6.45) is 0.742. The van der Waals surface area contributed by atoms with Crippen molar-refractivity contribution in [1.82, 2.24) is 0 Å². The van der Waals surface area contributed by atoms with Crippen LogP contribution in [0.15, 0.2) is 47.4 Å². The first-order valence-corrected chi connectivity index (χ1v) is 8.62. The zero-order chi connectivity index (χ0) is 16.1. The Morgan fingerprint density at radius 3 is 2.36 bits per heavy atom. The van der Waals surface area contributed by atoms with E-state index in [2.05, 4.69) is 5.32 Å². The lowest BCUT2D eigenvalue weighted by atomic mass is 10.2. The molecule has 2 nitrogen and oxygen atoms in total. The highest BCUT2D eigenvalue weighted by Crippen LogP contribution is 2.28. The molecule has 1 unspecified atom stereocenters. The molecule has 116 valence electrons. The number of thioether (sulfide) groups is 1. The standard InChI is InChI=1S/C17H17Cl2NOS/c1-3-16(22-14-7-4-12(18)5-8-14)17(21)20-15-9-6-13(19)10-11(15)2/h4-10,16H,3H2,1-2H3,(H,20,21). The van der Waals surface area contributed by atoms with Gasteiger partial charge in [0, 0.05) is 20.6 Å². The van der Waals surface area contributed by atoms with Gasteiger partial charge in [-0.2, -0.15) is 0 Å². The molecule has 1 atom stereocenters. The van der Waals surface area contributed by atoms with Crippen molar-refractivity contribution in [3.63, 3.8) is 0 Å². The molecule has 5 heteroatoms.